The molecule has 86 valence electrons. The Balaban J connectivity index is 1.95. The van der Waals surface area contributed by atoms with Gasteiger partial charge in [0.1, 0.15) is 5.75 Å². The van der Waals surface area contributed by atoms with Crippen molar-refractivity contribution in [1.82, 2.24) is 0 Å². The highest BCUT2D eigenvalue weighted by molar-refractivity contribution is 5.68. The van der Waals surface area contributed by atoms with E-state index in [0.717, 1.165) is 19.6 Å². The minimum absolute atomic E-state index is 0.300. The van der Waals surface area contributed by atoms with E-state index in [4.69, 9.17) is 14.6 Å². The minimum atomic E-state index is -0.965. The third kappa shape index (κ3) is 2.73. The normalized spacial score (nSPS) is 19.6. The van der Waals surface area contributed by atoms with E-state index in [1.807, 2.05) is 12.1 Å². The highest BCUT2D eigenvalue weighted by Gasteiger charge is 2.17. The van der Waals surface area contributed by atoms with Crippen molar-refractivity contribution >= 4 is 5.97 Å². The summed E-state index contributed by atoms with van der Waals surface area (Å²) in [4.78, 5) is 10.3. The van der Waals surface area contributed by atoms with E-state index in [1.165, 1.54) is 5.56 Å². The predicted molar refractivity (Wildman–Crippen MR) is 57.7 cm³/mol. The van der Waals surface area contributed by atoms with Crippen LogP contribution >= 0.6 is 0 Å². The third-order valence-electron chi connectivity index (χ3n) is 2.64. The van der Waals surface area contributed by atoms with Crippen molar-refractivity contribution < 1.29 is 19.4 Å². The maximum absolute atomic E-state index is 10.3. The van der Waals surface area contributed by atoms with E-state index in [9.17, 15) is 4.79 Å². The first kappa shape index (κ1) is 11.0. The molecule has 2 rings (SSSR count). The molecule has 16 heavy (non-hydrogen) atoms. The van der Waals surface area contributed by atoms with E-state index in [0.29, 0.717) is 11.7 Å². The Morgan fingerprint density at radius 2 is 2.19 bits per heavy atom. The number of benzene rings is 1. The van der Waals surface area contributed by atoms with Crippen LogP contribution in [0.3, 0.4) is 0 Å². The van der Waals surface area contributed by atoms with Crippen LogP contribution in [-0.2, 0) is 9.53 Å². The number of ether oxygens (including phenoxy) is 2. The van der Waals surface area contributed by atoms with Gasteiger partial charge in [-0.1, -0.05) is 12.1 Å². The second kappa shape index (κ2) is 4.99. The number of hydrogen-bond acceptors (Lipinski definition) is 3. The standard InChI is InChI=1S/C12H14O4/c13-12(14)8-16-11-3-1-9(2-4-11)10-5-6-15-7-10/h1-4,10H,5-8H2,(H,13,14). The van der Waals surface area contributed by atoms with Gasteiger partial charge in [0.05, 0.1) is 6.61 Å². The summed E-state index contributed by atoms with van der Waals surface area (Å²) < 4.78 is 10.4. The smallest absolute Gasteiger partial charge is 0.341 e. The lowest BCUT2D eigenvalue weighted by atomic mass is 9.99. The van der Waals surface area contributed by atoms with E-state index in [1.54, 1.807) is 12.1 Å². The third-order valence-corrected chi connectivity index (χ3v) is 2.64. The van der Waals surface area contributed by atoms with Gasteiger partial charge in [-0.05, 0) is 24.1 Å². The zero-order chi connectivity index (χ0) is 11.4. The summed E-state index contributed by atoms with van der Waals surface area (Å²) in [6, 6.07) is 7.54. The quantitative estimate of drug-likeness (QED) is 0.841. The monoisotopic (exact) mass is 222 g/mol. The van der Waals surface area contributed by atoms with Gasteiger partial charge in [0.2, 0.25) is 0 Å². The Hall–Kier alpha value is -1.55. The first-order chi connectivity index (χ1) is 7.75. The maximum atomic E-state index is 10.3. The van der Waals surface area contributed by atoms with E-state index in [2.05, 4.69) is 0 Å². The molecule has 1 heterocycles. The first-order valence-electron chi connectivity index (χ1n) is 5.28. The molecule has 1 N–H and O–H groups in total. The average Bonchev–Trinajstić information content (AvgIpc) is 2.80. The fourth-order valence-electron chi connectivity index (χ4n) is 1.78. The number of aliphatic carboxylic acids is 1. The van der Waals surface area contributed by atoms with Crippen molar-refractivity contribution in [2.75, 3.05) is 19.8 Å². The highest BCUT2D eigenvalue weighted by atomic mass is 16.5. The van der Waals surface area contributed by atoms with Gasteiger partial charge < -0.3 is 14.6 Å². The molecule has 1 aliphatic heterocycles. The van der Waals surface area contributed by atoms with Crippen molar-refractivity contribution in [3.63, 3.8) is 0 Å². The van der Waals surface area contributed by atoms with Gasteiger partial charge in [0.15, 0.2) is 6.61 Å². The molecular weight excluding hydrogens is 208 g/mol. The van der Waals surface area contributed by atoms with Crippen LogP contribution in [0.5, 0.6) is 5.75 Å². The van der Waals surface area contributed by atoms with Gasteiger partial charge in [-0.3, -0.25) is 0 Å². The van der Waals surface area contributed by atoms with Gasteiger partial charge in [-0.2, -0.15) is 0 Å². The van der Waals surface area contributed by atoms with Crippen LogP contribution in [0.25, 0.3) is 0 Å². The fraction of sp³-hybridized carbons (Fsp3) is 0.417. The lowest BCUT2D eigenvalue weighted by Gasteiger charge is -2.09. The summed E-state index contributed by atoms with van der Waals surface area (Å²) in [7, 11) is 0. The molecule has 1 aromatic carbocycles. The lowest BCUT2D eigenvalue weighted by Crippen LogP contribution is -2.09. The van der Waals surface area contributed by atoms with Crippen LogP contribution in [0.2, 0.25) is 0 Å². The molecule has 4 heteroatoms. The number of carbonyl (C=O) groups is 1. The number of hydrogen-bond donors (Lipinski definition) is 1. The maximum Gasteiger partial charge on any atom is 0.341 e. The zero-order valence-corrected chi connectivity index (χ0v) is 8.89. The van der Waals surface area contributed by atoms with Crippen LogP contribution in [0, 0.1) is 0 Å². The van der Waals surface area contributed by atoms with Crippen LogP contribution in [0.15, 0.2) is 24.3 Å². The van der Waals surface area contributed by atoms with E-state index in [-0.39, 0.29) is 6.61 Å². The molecule has 0 spiro atoms. The molecule has 1 atom stereocenters. The fourth-order valence-corrected chi connectivity index (χ4v) is 1.78. The summed E-state index contributed by atoms with van der Waals surface area (Å²) in [5.74, 6) is 0.0897. The first-order valence-corrected chi connectivity index (χ1v) is 5.28. The highest BCUT2D eigenvalue weighted by Crippen LogP contribution is 2.26. The Bertz CT molecular complexity index is 352. The largest absolute Gasteiger partial charge is 0.482 e. The molecule has 1 aliphatic rings. The molecule has 0 amide bonds. The van der Waals surface area contributed by atoms with Crippen molar-refractivity contribution in [1.29, 1.82) is 0 Å². The SMILES string of the molecule is O=C(O)COc1ccc(C2CCOC2)cc1. The molecule has 1 unspecified atom stereocenters. The predicted octanol–water partition coefficient (Wildman–Crippen LogP) is 1.65. The summed E-state index contributed by atoms with van der Waals surface area (Å²) >= 11 is 0. The zero-order valence-electron chi connectivity index (χ0n) is 8.89. The molecular formula is C12H14O4. The molecule has 4 nitrogen and oxygen atoms in total. The molecule has 1 fully saturated rings. The van der Waals surface area contributed by atoms with Crippen LogP contribution in [0.1, 0.15) is 17.9 Å². The summed E-state index contributed by atoms with van der Waals surface area (Å²) in [6.45, 7) is 1.29. The summed E-state index contributed by atoms with van der Waals surface area (Å²) in [5.41, 5.74) is 1.22. The molecule has 0 aromatic heterocycles. The van der Waals surface area contributed by atoms with Crippen LogP contribution in [-0.4, -0.2) is 30.9 Å². The van der Waals surface area contributed by atoms with Gasteiger partial charge in [0, 0.05) is 12.5 Å². The van der Waals surface area contributed by atoms with Gasteiger partial charge in [-0.25, -0.2) is 4.79 Å². The average molecular weight is 222 g/mol. The second-order valence-electron chi connectivity index (χ2n) is 3.81. The number of rotatable bonds is 4. The van der Waals surface area contributed by atoms with E-state index >= 15 is 0 Å². The Kier molecular flexibility index (Phi) is 3.41. The molecule has 1 saturated heterocycles. The number of carboxylic acid groups (broad SMARTS) is 1. The van der Waals surface area contributed by atoms with Gasteiger partial charge >= 0.3 is 5.97 Å². The Morgan fingerprint density at radius 3 is 2.75 bits per heavy atom. The van der Waals surface area contributed by atoms with Gasteiger partial charge in [-0.15, -0.1) is 0 Å². The minimum Gasteiger partial charge on any atom is -0.482 e. The lowest BCUT2D eigenvalue weighted by molar-refractivity contribution is -0.139. The molecule has 0 radical (unpaired) electrons. The second-order valence-corrected chi connectivity index (χ2v) is 3.81. The number of carboxylic acids is 1. The van der Waals surface area contributed by atoms with Crippen LogP contribution < -0.4 is 4.74 Å². The van der Waals surface area contributed by atoms with Gasteiger partial charge in [0.25, 0.3) is 0 Å². The Morgan fingerprint density at radius 1 is 1.44 bits per heavy atom. The van der Waals surface area contributed by atoms with Crippen molar-refractivity contribution in [2.24, 2.45) is 0 Å². The van der Waals surface area contributed by atoms with Crippen molar-refractivity contribution in [3.05, 3.63) is 29.8 Å². The van der Waals surface area contributed by atoms with Crippen molar-refractivity contribution in [2.45, 2.75) is 12.3 Å². The Labute approximate surface area is 93.8 Å². The van der Waals surface area contributed by atoms with E-state index < -0.39 is 5.97 Å². The molecule has 1 aromatic rings. The summed E-state index contributed by atoms with van der Waals surface area (Å²) in [5, 5.41) is 8.46. The van der Waals surface area contributed by atoms with Crippen molar-refractivity contribution in [3.8, 4) is 5.75 Å². The molecule has 0 saturated carbocycles. The van der Waals surface area contributed by atoms with Crippen LogP contribution in [0.4, 0.5) is 0 Å². The molecule has 0 bridgehead atoms. The summed E-state index contributed by atoms with van der Waals surface area (Å²) in [6.07, 6.45) is 1.05. The molecule has 0 aliphatic carbocycles. The topological polar surface area (TPSA) is 55.8 Å².